The van der Waals surface area contributed by atoms with Crippen LogP contribution in [0.5, 0.6) is 0 Å². The molecule has 2 N–H and O–H groups in total. The average Bonchev–Trinajstić information content (AvgIpc) is 2.57. The normalized spacial score (nSPS) is 11.8. The third-order valence-corrected chi connectivity index (χ3v) is 3.84. The van der Waals surface area contributed by atoms with Crippen LogP contribution in [0.3, 0.4) is 0 Å². The second-order valence-corrected chi connectivity index (χ2v) is 6.33. The second kappa shape index (κ2) is 4.15. The molecule has 2 rings (SSSR count). The van der Waals surface area contributed by atoms with Crippen LogP contribution < -0.4 is 5.73 Å². The number of rotatable bonds is 1. The molecule has 0 fully saturated rings. The molecule has 3 heteroatoms. The molecule has 0 radical (unpaired) electrons. The highest BCUT2D eigenvalue weighted by Crippen LogP contribution is 2.33. The zero-order valence-electron chi connectivity index (χ0n) is 10.7. The maximum Gasteiger partial charge on any atom is 0.180 e. The number of hydrogen-bond acceptors (Lipinski definition) is 3. The summed E-state index contributed by atoms with van der Waals surface area (Å²) in [6, 6.07) is 8.63. The van der Waals surface area contributed by atoms with Gasteiger partial charge in [-0.1, -0.05) is 50.3 Å². The third kappa shape index (κ3) is 2.50. The van der Waals surface area contributed by atoms with E-state index in [-0.39, 0.29) is 5.41 Å². The molecule has 1 aromatic carbocycles. The smallest absolute Gasteiger partial charge is 0.180 e. The van der Waals surface area contributed by atoms with Gasteiger partial charge in [-0.05, 0) is 29.5 Å². The number of benzene rings is 1. The number of nitrogen functional groups attached to an aromatic ring is 1. The molecule has 1 aromatic heterocycles. The molecule has 2 nitrogen and oxygen atoms in total. The van der Waals surface area contributed by atoms with E-state index in [1.165, 1.54) is 16.0 Å². The Morgan fingerprint density at radius 2 is 1.94 bits per heavy atom. The summed E-state index contributed by atoms with van der Waals surface area (Å²) in [5, 5.41) is 0.638. The fourth-order valence-corrected chi connectivity index (χ4v) is 2.64. The first kappa shape index (κ1) is 12.1. The molecule has 0 atom stereocenters. The predicted molar refractivity (Wildman–Crippen MR) is 75.4 cm³/mol. The van der Waals surface area contributed by atoms with Gasteiger partial charge < -0.3 is 5.73 Å². The lowest BCUT2D eigenvalue weighted by Gasteiger charge is -2.19. The van der Waals surface area contributed by atoms with E-state index in [0.29, 0.717) is 5.13 Å². The van der Waals surface area contributed by atoms with Gasteiger partial charge in [0.15, 0.2) is 5.13 Å². The molecule has 2 aromatic rings. The van der Waals surface area contributed by atoms with Crippen LogP contribution in [0.25, 0.3) is 10.4 Å². The lowest BCUT2D eigenvalue weighted by molar-refractivity contribution is 0.590. The first-order valence-corrected chi connectivity index (χ1v) is 6.53. The minimum atomic E-state index is 0.167. The first-order chi connectivity index (χ1) is 7.88. The number of aromatic nitrogens is 1. The zero-order chi connectivity index (χ0) is 12.6. The fourth-order valence-electron chi connectivity index (χ4n) is 1.81. The van der Waals surface area contributed by atoms with Gasteiger partial charge in [0.05, 0.1) is 10.6 Å². The van der Waals surface area contributed by atoms with E-state index in [4.69, 9.17) is 5.73 Å². The average molecular weight is 246 g/mol. The van der Waals surface area contributed by atoms with E-state index >= 15 is 0 Å². The number of hydrogen-bond donors (Lipinski definition) is 1. The van der Waals surface area contributed by atoms with Crippen LogP contribution in [0.4, 0.5) is 5.13 Å². The summed E-state index contributed by atoms with van der Waals surface area (Å²) < 4.78 is 0. The molecule has 1 heterocycles. The van der Waals surface area contributed by atoms with Gasteiger partial charge in [0.1, 0.15) is 0 Å². The molecule has 0 bridgehead atoms. The SMILES string of the molecule is Cc1nc(N)sc1-c1cccc(C(C)(C)C)c1. The molecule has 0 unspecified atom stereocenters. The van der Waals surface area contributed by atoms with Crippen molar-refractivity contribution >= 4 is 16.5 Å². The van der Waals surface area contributed by atoms with Crippen LogP contribution >= 0.6 is 11.3 Å². The van der Waals surface area contributed by atoms with Gasteiger partial charge in [-0.2, -0.15) is 0 Å². The Morgan fingerprint density at radius 1 is 1.24 bits per heavy atom. The van der Waals surface area contributed by atoms with Gasteiger partial charge in [-0.15, -0.1) is 0 Å². The van der Waals surface area contributed by atoms with Crippen molar-refractivity contribution in [1.29, 1.82) is 0 Å². The Balaban J connectivity index is 2.50. The Bertz CT molecular complexity index is 535. The van der Waals surface area contributed by atoms with Crippen molar-refractivity contribution in [1.82, 2.24) is 4.98 Å². The molecule has 0 aliphatic heterocycles. The summed E-state index contributed by atoms with van der Waals surface area (Å²) in [6.45, 7) is 8.67. The van der Waals surface area contributed by atoms with E-state index in [1.807, 2.05) is 6.92 Å². The summed E-state index contributed by atoms with van der Waals surface area (Å²) in [6.07, 6.45) is 0. The van der Waals surface area contributed by atoms with Gasteiger partial charge in [0.2, 0.25) is 0 Å². The lowest BCUT2D eigenvalue weighted by atomic mass is 9.86. The van der Waals surface area contributed by atoms with Crippen LogP contribution in [0.15, 0.2) is 24.3 Å². The van der Waals surface area contributed by atoms with Crippen LogP contribution in [0.1, 0.15) is 32.0 Å². The largest absolute Gasteiger partial charge is 0.375 e. The van der Waals surface area contributed by atoms with Crippen molar-refractivity contribution in [3.63, 3.8) is 0 Å². The van der Waals surface area contributed by atoms with Crippen molar-refractivity contribution in [3.05, 3.63) is 35.5 Å². The van der Waals surface area contributed by atoms with Crippen molar-refractivity contribution in [2.24, 2.45) is 0 Å². The number of aryl methyl sites for hydroxylation is 1. The van der Waals surface area contributed by atoms with Gasteiger partial charge in [0, 0.05) is 0 Å². The van der Waals surface area contributed by atoms with E-state index < -0.39 is 0 Å². The van der Waals surface area contributed by atoms with Crippen molar-refractivity contribution < 1.29 is 0 Å². The Morgan fingerprint density at radius 3 is 2.47 bits per heavy atom. The number of nitrogens with two attached hydrogens (primary N) is 1. The van der Waals surface area contributed by atoms with Gasteiger partial charge in [-0.25, -0.2) is 4.98 Å². The molecule has 0 aliphatic carbocycles. The summed E-state index contributed by atoms with van der Waals surface area (Å²) in [4.78, 5) is 5.45. The minimum Gasteiger partial charge on any atom is -0.375 e. The quantitative estimate of drug-likeness (QED) is 0.826. The summed E-state index contributed by atoms with van der Waals surface area (Å²) in [7, 11) is 0. The maximum atomic E-state index is 5.75. The summed E-state index contributed by atoms with van der Waals surface area (Å²) >= 11 is 1.55. The van der Waals surface area contributed by atoms with Crippen molar-refractivity contribution in [3.8, 4) is 10.4 Å². The van der Waals surface area contributed by atoms with Crippen LogP contribution in [-0.4, -0.2) is 4.98 Å². The van der Waals surface area contributed by atoms with E-state index in [0.717, 1.165) is 5.69 Å². The molecule has 0 amide bonds. The molecule has 90 valence electrons. The molecule has 0 saturated heterocycles. The fraction of sp³-hybridized carbons (Fsp3) is 0.357. The Hall–Kier alpha value is -1.35. The van der Waals surface area contributed by atoms with Gasteiger partial charge in [0.25, 0.3) is 0 Å². The molecular formula is C14H18N2S. The second-order valence-electron chi connectivity index (χ2n) is 5.30. The Kier molecular flexibility index (Phi) is 2.96. The van der Waals surface area contributed by atoms with Crippen molar-refractivity contribution in [2.75, 3.05) is 5.73 Å². The van der Waals surface area contributed by atoms with Crippen LogP contribution in [-0.2, 0) is 5.41 Å². The monoisotopic (exact) mass is 246 g/mol. The topological polar surface area (TPSA) is 38.9 Å². The highest BCUT2D eigenvalue weighted by atomic mass is 32.1. The zero-order valence-corrected chi connectivity index (χ0v) is 11.6. The van der Waals surface area contributed by atoms with E-state index in [9.17, 15) is 0 Å². The number of anilines is 1. The van der Waals surface area contributed by atoms with Crippen LogP contribution in [0.2, 0.25) is 0 Å². The maximum absolute atomic E-state index is 5.75. The van der Waals surface area contributed by atoms with Crippen LogP contribution in [0, 0.1) is 6.92 Å². The third-order valence-electron chi connectivity index (χ3n) is 2.80. The highest BCUT2D eigenvalue weighted by Gasteiger charge is 2.15. The van der Waals surface area contributed by atoms with Crippen molar-refractivity contribution in [2.45, 2.75) is 33.1 Å². The molecular weight excluding hydrogens is 228 g/mol. The number of nitrogens with zero attached hydrogens (tertiary/aromatic N) is 1. The first-order valence-electron chi connectivity index (χ1n) is 5.72. The Labute approximate surface area is 107 Å². The van der Waals surface area contributed by atoms with E-state index in [1.54, 1.807) is 11.3 Å². The number of thiazole rings is 1. The standard InChI is InChI=1S/C14H18N2S/c1-9-12(17-13(15)16-9)10-6-5-7-11(8-10)14(2,3)4/h5-8H,1-4H3,(H2,15,16). The summed E-state index contributed by atoms with van der Waals surface area (Å²) in [5.74, 6) is 0. The molecule has 0 saturated carbocycles. The minimum absolute atomic E-state index is 0.167. The summed E-state index contributed by atoms with van der Waals surface area (Å²) in [5.41, 5.74) is 9.47. The van der Waals surface area contributed by atoms with Gasteiger partial charge >= 0.3 is 0 Å². The predicted octanol–water partition coefficient (Wildman–Crippen LogP) is 4.00. The lowest BCUT2D eigenvalue weighted by Crippen LogP contribution is -2.10. The molecule has 0 spiro atoms. The van der Waals surface area contributed by atoms with Gasteiger partial charge in [-0.3, -0.25) is 0 Å². The molecule has 17 heavy (non-hydrogen) atoms. The molecule has 0 aliphatic rings. The van der Waals surface area contributed by atoms with E-state index in [2.05, 4.69) is 50.0 Å². The highest BCUT2D eigenvalue weighted by molar-refractivity contribution is 7.18.